The molecule has 2 aromatic carbocycles. The molecule has 0 unspecified atom stereocenters. The molecule has 0 radical (unpaired) electrons. The van der Waals surface area contributed by atoms with Crippen LogP contribution < -0.4 is 0 Å². The Balaban J connectivity index is 0.000000218. The maximum absolute atomic E-state index is 11.0. The second-order valence-electron chi connectivity index (χ2n) is 3.61. The van der Waals surface area contributed by atoms with Gasteiger partial charge in [0.25, 0.3) is 10.0 Å². The van der Waals surface area contributed by atoms with Crippen molar-refractivity contribution in [2.24, 2.45) is 4.52 Å². The Bertz CT molecular complexity index is 649. The van der Waals surface area contributed by atoms with Crippen LogP contribution in [0.25, 0.3) is 10.4 Å². The first-order valence-corrected chi connectivity index (χ1v) is 6.88. The summed E-state index contributed by atoms with van der Waals surface area (Å²) in [4.78, 5) is 2.22. The molecule has 0 N–H and O–H groups in total. The third-order valence-electron chi connectivity index (χ3n) is 2.13. The summed E-state index contributed by atoms with van der Waals surface area (Å²) in [5.41, 5.74) is 9.26. The van der Waals surface area contributed by atoms with Gasteiger partial charge in [0.2, 0.25) is 0 Å². The molecule has 0 bridgehead atoms. The lowest BCUT2D eigenvalue weighted by atomic mass is 10.2. The smallest absolute Gasteiger partial charge is 0.216 e. The number of sulfonamides is 1. The summed E-state index contributed by atoms with van der Waals surface area (Å²) in [5, 5.41) is 0. The van der Waals surface area contributed by atoms with E-state index < -0.39 is 10.0 Å². The van der Waals surface area contributed by atoms with Gasteiger partial charge in [-0.15, -0.1) is 0 Å². The third kappa shape index (κ3) is 5.25. The van der Waals surface area contributed by atoms with Crippen molar-refractivity contribution in [2.45, 2.75) is 11.8 Å². The standard InChI is InChI=1S/C7H8.C6H5N3O2S/c1-7-5-3-2-4-6-7;7-8-9-12(10,11)6-4-2-1-3-5-6/h2-6H,1H3;1-5H. The molecule has 0 spiro atoms. The van der Waals surface area contributed by atoms with Crippen LogP contribution in [-0.2, 0) is 10.0 Å². The zero-order valence-corrected chi connectivity index (χ0v) is 11.2. The van der Waals surface area contributed by atoms with Gasteiger partial charge in [-0.05, 0) is 24.6 Å². The van der Waals surface area contributed by atoms with Gasteiger partial charge in [0, 0.05) is 9.43 Å². The largest absolute Gasteiger partial charge is 0.264 e. The summed E-state index contributed by atoms with van der Waals surface area (Å²) in [7, 11) is -3.80. The van der Waals surface area contributed by atoms with Crippen LogP contribution in [0.2, 0.25) is 0 Å². The van der Waals surface area contributed by atoms with Gasteiger partial charge >= 0.3 is 0 Å². The fourth-order valence-electron chi connectivity index (χ4n) is 1.22. The Morgan fingerprint density at radius 1 is 0.947 bits per heavy atom. The number of rotatable bonds is 2. The number of hydrogen-bond acceptors (Lipinski definition) is 2. The highest BCUT2D eigenvalue weighted by Gasteiger charge is 2.09. The average molecular weight is 275 g/mol. The summed E-state index contributed by atoms with van der Waals surface area (Å²) < 4.78 is 24.7. The number of hydrogen-bond donors (Lipinski definition) is 0. The average Bonchev–Trinajstić information content (AvgIpc) is 2.41. The van der Waals surface area contributed by atoms with Crippen LogP contribution in [0.4, 0.5) is 0 Å². The van der Waals surface area contributed by atoms with E-state index in [1.165, 1.54) is 17.7 Å². The van der Waals surface area contributed by atoms with E-state index in [9.17, 15) is 8.42 Å². The van der Waals surface area contributed by atoms with Crippen LogP contribution in [0, 0.1) is 6.92 Å². The summed E-state index contributed by atoms with van der Waals surface area (Å²) in [6.45, 7) is 2.08. The minimum absolute atomic E-state index is 0.00259. The van der Waals surface area contributed by atoms with Crippen LogP contribution in [0.1, 0.15) is 5.56 Å². The van der Waals surface area contributed by atoms with Gasteiger partial charge in [-0.25, -0.2) is 8.42 Å². The topological polar surface area (TPSA) is 82.9 Å². The van der Waals surface area contributed by atoms with Crippen molar-refractivity contribution in [3.8, 4) is 0 Å². The van der Waals surface area contributed by atoms with Crippen molar-refractivity contribution in [2.75, 3.05) is 0 Å². The first-order valence-electron chi connectivity index (χ1n) is 5.44. The highest BCUT2D eigenvalue weighted by Crippen LogP contribution is 2.10. The molecule has 0 fully saturated rings. The van der Waals surface area contributed by atoms with Crippen molar-refractivity contribution >= 4 is 10.0 Å². The fraction of sp³-hybridized carbons (Fsp3) is 0.0769. The maximum atomic E-state index is 11.0. The second kappa shape index (κ2) is 7.20. The Morgan fingerprint density at radius 3 is 1.79 bits per heavy atom. The third-order valence-corrected chi connectivity index (χ3v) is 3.28. The molecular formula is C13H13N3O2S. The lowest BCUT2D eigenvalue weighted by Gasteiger charge is -1.93. The van der Waals surface area contributed by atoms with Crippen molar-refractivity contribution < 1.29 is 8.42 Å². The highest BCUT2D eigenvalue weighted by molar-refractivity contribution is 7.90. The molecular weight excluding hydrogens is 262 g/mol. The van der Waals surface area contributed by atoms with E-state index in [0.29, 0.717) is 0 Å². The maximum Gasteiger partial charge on any atom is 0.264 e. The van der Waals surface area contributed by atoms with E-state index >= 15 is 0 Å². The zero-order valence-electron chi connectivity index (χ0n) is 10.3. The molecule has 0 atom stereocenters. The highest BCUT2D eigenvalue weighted by atomic mass is 32.2. The predicted octanol–water partition coefficient (Wildman–Crippen LogP) is 3.68. The zero-order chi connectivity index (χ0) is 14.1. The van der Waals surface area contributed by atoms with Gasteiger partial charge in [0.15, 0.2) is 0 Å². The molecule has 2 rings (SSSR count). The number of nitrogens with zero attached hydrogens (tertiary/aromatic N) is 3. The monoisotopic (exact) mass is 275 g/mol. The molecule has 0 saturated heterocycles. The van der Waals surface area contributed by atoms with Gasteiger partial charge in [-0.1, -0.05) is 54.1 Å². The summed E-state index contributed by atoms with van der Waals surface area (Å²) in [5.74, 6) is 0. The number of aryl methyl sites for hydroxylation is 1. The lowest BCUT2D eigenvalue weighted by molar-refractivity contribution is 0.597. The van der Waals surface area contributed by atoms with Crippen LogP contribution in [0.5, 0.6) is 0 Å². The van der Waals surface area contributed by atoms with E-state index in [-0.39, 0.29) is 4.90 Å². The van der Waals surface area contributed by atoms with E-state index in [4.69, 9.17) is 5.53 Å². The summed E-state index contributed by atoms with van der Waals surface area (Å²) in [6.07, 6.45) is 0. The molecule has 98 valence electrons. The van der Waals surface area contributed by atoms with Crippen LogP contribution >= 0.6 is 0 Å². The Hall–Kier alpha value is -2.30. The molecule has 0 amide bonds. The Kier molecular flexibility index (Phi) is 5.60. The molecule has 0 aliphatic rings. The van der Waals surface area contributed by atoms with Crippen molar-refractivity contribution in [1.29, 1.82) is 0 Å². The SMILES string of the molecule is Cc1ccccc1.[N-]=[N+]=NS(=O)(=O)c1ccccc1. The first kappa shape index (κ1) is 14.8. The molecule has 0 saturated carbocycles. The molecule has 6 heteroatoms. The molecule has 5 nitrogen and oxygen atoms in total. The van der Waals surface area contributed by atoms with Gasteiger partial charge in [0.1, 0.15) is 0 Å². The minimum Gasteiger partial charge on any atom is -0.216 e. The Morgan fingerprint density at radius 2 is 1.42 bits per heavy atom. The molecule has 0 aliphatic carbocycles. The fourth-order valence-corrected chi connectivity index (χ4v) is 1.91. The van der Waals surface area contributed by atoms with E-state index in [1.54, 1.807) is 18.2 Å². The molecule has 19 heavy (non-hydrogen) atoms. The molecule has 0 aliphatic heterocycles. The van der Waals surface area contributed by atoms with Crippen molar-refractivity contribution in [1.82, 2.24) is 0 Å². The summed E-state index contributed by atoms with van der Waals surface area (Å²) >= 11 is 0. The first-order chi connectivity index (χ1) is 9.06. The molecule has 0 aromatic heterocycles. The quantitative estimate of drug-likeness (QED) is 0.475. The van der Waals surface area contributed by atoms with Crippen LogP contribution in [0.3, 0.4) is 0 Å². The second-order valence-corrected chi connectivity index (χ2v) is 5.20. The minimum atomic E-state index is -3.80. The predicted molar refractivity (Wildman–Crippen MR) is 74.0 cm³/mol. The van der Waals surface area contributed by atoms with Crippen LogP contribution in [0.15, 0.2) is 70.1 Å². The van der Waals surface area contributed by atoms with Crippen LogP contribution in [-0.4, -0.2) is 8.42 Å². The van der Waals surface area contributed by atoms with Crippen molar-refractivity contribution in [3.05, 3.63) is 76.7 Å². The number of azide groups is 1. The van der Waals surface area contributed by atoms with Gasteiger partial charge in [-0.3, -0.25) is 0 Å². The van der Waals surface area contributed by atoms with Crippen molar-refractivity contribution in [3.63, 3.8) is 0 Å². The lowest BCUT2D eigenvalue weighted by Crippen LogP contribution is -1.93. The van der Waals surface area contributed by atoms with Gasteiger partial charge < -0.3 is 0 Å². The van der Waals surface area contributed by atoms with E-state index in [0.717, 1.165) is 0 Å². The summed E-state index contributed by atoms with van der Waals surface area (Å²) in [6, 6.07) is 17.8. The van der Waals surface area contributed by atoms with E-state index in [2.05, 4.69) is 28.5 Å². The van der Waals surface area contributed by atoms with E-state index in [1.807, 2.05) is 18.2 Å². The molecule has 2 aromatic rings. The molecule has 0 heterocycles. The van der Waals surface area contributed by atoms with Gasteiger partial charge in [0.05, 0.1) is 4.90 Å². The normalized spacial score (nSPS) is 9.74. The Labute approximate surface area is 112 Å². The van der Waals surface area contributed by atoms with Gasteiger partial charge in [-0.2, -0.15) is 0 Å². The number of benzene rings is 2.